The molecule has 40 heavy (non-hydrogen) atoms. The van der Waals surface area contributed by atoms with E-state index < -0.39 is 0 Å². The molecule has 6 aromatic rings. The summed E-state index contributed by atoms with van der Waals surface area (Å²) >= 11 is 0. The molecule has 0 spiro atoms. The van der Waals surface area contributed by atoms with Crippen LogP contribution in [0.1, 0.15) is 27.7 Å². The van der Waals surface area contributed by atoms with Gasteiger partial charge in [0.2, 0.25) is 0 Å². The first-order chi connectivity index (χ1) is 19.3. The van der Waals surface area contributed by atoms with Gasteiger partial charge >= 0.3 is 7.12 Å². The van der Waals surface area contributed by atoms with E-state index in [4.69, 9.17) is 9.31 Å². The molecular weight excluding hydrogens is 489 g/mol. The lowest BCUT2D eigenvalue weighted by atomic mass is 9.78. The average Bonchev–Trinajstić information content (AvgIpc) is 3.42. The summed E-state index contributed by atoms with van der Waals surface area (Å²) in [5.74, 6) is 0. The van der Waals surface area contributed by atoms with Gasteiger partial charge in [0.15, 0.2) is 0 Å². The molecule has 1 saturated heterocycles. The predicted molar refractivity (Wildman–Crippen MR) is 167 cm³/mol. The zero-order valence-corrected chi connectivity index (χ0v) is 23.4. The molecule has 0 aliphatic carbocycles. The summed E-state index contributed by atoms with van der Waals surface area (Å²) in [6, 6.07) is 43.4. The smallest absolute Gasteiger partial charge is 0.399 e. The maximum Gasteiger partial charge on any atom is 0.494 e. The van der Waals surface area contributed by atoms with Crippen LogP contribution in [0.4, 0.5) is 0 Å². The van der Waals surface area contributed by atoms with E-state index in [-0.39, 0.29) is 18.3 Å². The molecule has 7 rings (SSSR count). The SMILES string of the molecule is CC1(C)OB(c2cccc(-c3ccc4c(c3)c3ccccc3n4-c3ccc(-c4ccccc4)cc3)c2)OC1(C)C. The second-order valence-corrected chi connectivity index (χ2v) is 11.7. The molecule has 2 heterocycles. The van der Waals surface area contributed by atoms with Crippen LogP contribution >= 0.6 is 0 Å². The Morgan fingerprint density at radius 2 is 1.07 bits per heavy atom. The normalized spacial score (nSPS) is 16.1. The fourth-order valence-corrected chi connectivity index (χ4v) is 5.71. The van der Waals surface area contributed by atoms with Gasteiger partial charge in [0.25, 0.3) is 0 Å². The molecule has 0 amide bonds. The van der Waals surface area contributed by atoms with Crippen molar-refractivity contribution in [3.05, 3.63) is 121 Å². The molecule has 0 N–H and O–H groups in total. The first-order valence-electron chi connectivity index (χ1n) is 14.0. The minimum atomic E-state index is -0.380. The average molecular weight is 521 g/mol. The number of fused-ring (bicyclic) bond motifs is 3. The summed E-state index contributed by atoms with van der Waals surface area (Å²) in [5, 5.41) is 2.48. The van der Waals surface area contributed by atoms with Crippen molar-refractivity contribution in [3.8, 4) is 27.9 Å². The topological polar surface area (TPSA) is 23.4 Å². The van der Waals surface area contributed by atoms with E-state index in [0.717, 1.165) is 16.7 Å². The lowest BCUT2D eigenvalue weighted by Crippen LogP contribution is -2.41. The van der Waals surface area contributed by atoms with Crippen molar-refractivity contribution in [1.82, 2.24) is 4.57 Å². The molecule has 1 fully saturated rings. The van der Waals surface area contributed by atoms with Crippen LogP contribution in [0.15, 0.2) is 121 Å². The number of para-hydroxylation sites is 1. The molecule has 5 aromatic carbocycles. The highest BCUT2D eigenvalue weighted by Crippen LogP contribution is 2.38. The van der Waals surface area contributed by atoms with Crippen LogP contribution in [0.5, 0.6) is 0 Å². The Labute approximate surface area is 236 Å². The van der Waals surface area contributed by atoms with E-state index >= 15 is 0 Å². The highest BCUT2D eigenvalue weighted by Gasteiger charge is 2.51. The van der Waals surface area contributed by atoms with Crippen molar-refractivity contribution in [1.29, 1.82) is 0 Å². The lowest BCUT2D eigenvalue weighted by Gasteiger charge is -2.32. The summed E-state index contributed by atoms with van der Waals surface area (Å²) in [7, 11) is -0.380. The number of nitrogens with zero attached hydrogens (tertiary/aromatic N) is 1. The van der Waals surface area contributed by atoms with Crippen molar-refractivity contribution >= 4 is 34.4 Å². The minimum absolute atomic E-state index is 0.367. The third-order valence-corrected chi connectivity index (χ3v) is 8.65. The van der Waals surface area contributed by atoms with Crippen molar-refractivity contribution in [2.24, 2.45) is 0 Å². The minimum Gasteiger partial charge on any atom is -0.399 e. The standard InChI is InChI=1S/C36H32BNO2/c1-35(2)36(3,4)40-37(39-35)29-14-10-13-27(23-29)28-19-22-34-32(24-28)31-15-8-9-16-33(31)38(34)30-20-17-26(18-21-30)25-11-6-5-7-12-25/h5-24H,1-4H3. The highest BCUT2D eigenvalue weighted by molar-refractivity contribution is 6.62. The van der Waals surface area contributed by atoms with E-state index in [0.29, 0.717) is 0 Å². The summed E-state index contributed by atoms with van der Waals surface area (Å²) in [5.41, 5.74) is 8.62. The number of hydrogen-bond acceptors (Lipinski definition) is 2. The molecule has 0 saturated carbocycles. The molecule has 4 heteroatoms. The van der Waals surface area contributed by atoms with Crippen LogP contribution in [0.3, 0.4) is 0 Å². The van der Waals surface area contributed by atoms with E-state index in [2.05, 4.69) is 154 Å². The molecule has 1 aliphatic rings. The van der Waals surface area contributed by atoms with Crippen LogP contribution in [0.25, 0.3) is 49.7 Å². The molecule has 0 bridgehead atoms. The monoisotopic (exact) mass is 521 g/mol. The Hall–Kier alpha value is -4.12. The van der Waals surface area contributed by atoms with Gasteiger partial charge in [-0.25, -0.2) is 0 Å². The van der Waals surface area contributed by atoms with Gasteiger partial charge in [-0.2, -0.15) is 0 Å². The van der Waals surface area contributed by atoms with E-state index in [1.807, 2.05) is 0 Å². The molecular formula is C36H32BNO2. The van der Waals surface area contributed by atoms with Gasteiger partial charge in [-0.15, -0.1) is 0 Å². The molecule has 1 aromatic heterocycles. The number of hydrogen-bond donors (Lipinski definition) is 0. The zero-order chi connectivity index (χ0) is 27.5. The van der Waals surface area contributed by atoms with Gasteiger partial charge in [-0.1, -0.05) is 91.0 Å². The van der Waals surface area contributed by atoms with E-state index in [1.54, 1.807) is 0 Å². The van der Waals surface area contributed by atoms with Crippen molar-refractivity contribution in [2.75, 3.05) is 0 Å². The van der Waals surface area contributed by atoms with Crippen LogP contribution < -0.4 is 5.46 Å². The fraction of sp³-hybridized carbons (Fsp3) is 0.167. The van der Waals surface area contributed by atoms with Crippen molar-refractivity contribution in [3.63, 3.8) is 0 Å². The Kier molecular flexibility index (Phi) is 5.74. The first kappa shape index (κ1) is 24.9. The Balaban J connectivity index is 1.30. The predicted octanol–water partition coefficient (Wildman–Crippen LogP) is 8.42. The maximum absolute atomic E-state index is 6.33. The van der Waals surface area contributed by atoms with Gasteiger partial charge in [-0.3, -0.25) is 0 Å². The number of rotatable bonds is 4. The maximum atomic E-state index is 6.33. The Morgan fingerprint density at radius 3 is 1.82 bits per heavy atom. The summed E-state index contributed by atoms with van der Waals surface area (Å²) in [6.07, 6.45) is 0. The highest BCUT2D eigenvalue weighted by atomic mass is 16.7. The van der Waals surface area contributed by atoms with Gasteiger partial charge < -0.3 is 13.9 Å². The second-order valence-electron chi connectivity index (χ2n) is 11.7. The Morgan fingerprint density at radius 1 is 0.500 bits per heavy atom. The van der Waals surface area contributed by atoms with Gasteiger partial charge in [-0.05, 0) is 85.7 Å². The third-order valence-electron chi connectivity index (χ3n) is 8.65. The van der Waals surface area contributed by atoms with E-state index in [9.17, 15) is 0 Å². The van der Waals surface area contributed by atoms with Crippen LogP contribution in [0.2, 0.25) is 0 Å². The first-order valence-corrected chi connectivity index (χ1v) is 14.0. The summed E-state index contributed by atoms with van der Waals surface area (Å²) in [6.45, 7) is 8.37. The zero-order valence-electron chi connectivity index (χ0n) is 23.4. The third kappa shape index (κ3) is 4.07. The van der Waals surface area contributed by atoms with Gasteiger partial charge in [0.05, 0.1) is 22.2 Å². The summed E-state index contributed by atoms with van der Waals surface area (Å²) < 4.78 is 15.0. The molecule has 0 atom stereocenters. The lowest BCUT2D eigenvalue weighted by molar-refractivity contribution is 0.00578. The van der Waals surface area contributed by atoms with E-state index in [1.165, 1.54) is 38.5 Å². The quantitative estimate of drug-likeness (QED) is 0.218. The number of aromatic nitrogens is 1. The van der Waals surface area contributed by atoms with Crippen molar-refractivity contribution in [2.45, 2.75) is 38.9 Å². The molecule has 3 nitrogen and oxygen atoms in total. The van der Waals surface area contributed by atoms with Crippen LogP contribution in [-0.2, 0) is 9.31 Å². The van der Waals surface area contributed by atoms with Gasteiger partial charge in [0.1, 0.15) is 0 Å². The second kappa shape index (κ2) is 9.23. The Bertz CT molecular complexity index is 1840. The van der Waals surface area contributed by atoms with Crippen LogP contribution in [-0.4, -0.2) is 22.9 Å². The molecule has 196 valence electrons. The molecule has 0 radical (unpaired) electrons. The van der Waals surface area contributed by atoms with Crippen molar-refractivity contribution < 1.29 is 9.31 Å². The fourth-order valence-electron chi connectivity index (χ4n) is 5.71. The summed E-state index contributed by atoms with van der Waals surface area (Å²) in [4.78, 5) is 0. The number of benzene rings is 5. The largest absolute Gasteiger partial charge is 0.494 e. The van der Waals surface area contributed by atoms with Crippen LogP contribution in [0, 0.1) is 0 Å². The van der Waals surface area contributed by atoms with Gasteiger partial charge in [0, 0.05) is 16.5 Å². The molecule has 1 aliphatic heterocycles. The molecule has 0 unspecified atom stereocenters.